The van der Waals surface area contributed by atoms with Crippen LogP contribution >= 0.6 is 23.2 Å². The molecular weight excluding hydrogens is 393 g/mol. The number of para-hydroxylation sites is 1. The molecule has 138 valence electrons. The van der Waals surface area contributed by atoms with Gasteiger partial charge in [0.1, 0.15) is 5.02 Å². The number of pyridine rings is 1. The monoisotopic (exact) mass is 407 g/mol. The normalized spacial score (nSPS) is 10.8. The van der Waals surface area contributed by atoms with Crippen LogP contribution in [0.4, 0.5) is 0 Å². The van der Waals surface area contributed by atoms with Crippen molar-refractivity contribution in [1.29, 1.82) is 0 Å². The third-order valence-electron chi connectivity index (χ3n) is 4.40. The quantitative estimate of drug-likeness (QED) is 0.279. The highest BCUT2D eigenvalue weighted by molar-refractivity contribution is 6.43. The van der Waals surface area contributed by atoms with Crippen LogP contribution in [0.1, 0.15) is 15.9 Å². The van der Waals surface area contributed by atoms with Crippen LogP contribution in [0.3, 0.4) is 0 Å². The molecule has 4 rings (SSSR count). The van der Waals surface area contributed by atoms with Crippen molar-refractivity contribution in [1.82, 2.24) is 4.98 Å². The first-order valence-electron chi connectivity index (χ1n) is 8.66. The summed E-state index contributed by atoms with van der Waals surface area (Å²) in [4.78, 5) is 17.7. The molecule has 0 amide bonds. The summed E-state index contributed by atoms with van der Waals surface area (Å²) < 4.78 is 5.55. The van der Waals surface area contributed by atoms with Crippen LogP contribution in [-0.4, -0.2) is 11.0 Å². The number of esters is 1. The second kappa shape index (κ2) is 7.63. The van der Waals surface area contributed by atoms with Gasteiger partial charge >= 0.3 is 5.97 Å². The van der Waals surface area contributed by atoms with Gasteiger partial charge in [0.05, 0.1) is 21.8 Å². The molecule has 0 aliphatic rings. The summed E-state index contributed by atoms with van der Waals surface area (Å²) in [6.45, 7) is 2.02. The molecule has 28 heavy (non-hydrogen) atoms. The zero-order chi connectivity index (χ0) is 19.7. The van der Waals surface area contributed by atoms with Gasteiger partial charge in [-0.1, -0.05) is 77.3 Å². The lowest BCUT2D eigenvalue weighted by Crippen LogP contribution is -2.10. The molecule has 0 radical (unpaired) electrons. The fourth-order valence-corrected chi connectivity index (χ4v) is 3.26. The van der Waals surface area contributed by atoms with Crippen LogP contribution < -0.4 is 4.74 Å². The van der Waals surface area contributed by atoms with E-state index in [9.17, 15) is 4.79 Å². The summed E-state index contributed by atoms with van der Waals surface area (Å²) >= 11 is 12.2. The number of benzene rings is 3. The van der Waals surface area contributed by atoms with Gasteiger partial charge in [-0.05, 0) is 31.2 Å². The van der Waals surface area contributed by atoms with E-state index >= 15 is 0 Å². The average Bonchev–Trinajstić information content (AvgIpc) is 2.71. The molecule has 1 heterocycles. The van der Waals surface area contributed by atoms with Gasteiger partial charge in [0.15, 0.2) is 5.75 Å². The zero-order valence-corrected chi connectivity index (χ0v) is 16.5. The van der Waals surface area contributed by atoms with E-state index in [1.807, 2.05) is 55.5 Å². The Kier molecular flexibility index (Phi) is 5.03. The number of fused-ring (bicyclic) bond motifs is 1. The summed E-state index contributed by atoms with van der Waals surface area (Å²) in [6, 6.07) is 22.1. The Bertz CT molecular complexity index is 1190. The van der Waals surface area contributed by atoms with Gasteiger partial charge in [0.2, 0.25) is 0 Å². The van der Waals surface area contributed by atoms with E-state index in [-0.39, 0.29) is 10.8 Å². The molecule has 0 aliphatic heterocycles. The zero-order valence-electron chi connectivity index (χ0n) is 14.9. The SMILES string of the molecule is Cc1ccc(-c2cc(C(=O)Oc3cccc(Cl)c3Cl)c3ccccc3n2)cc1. The van der Waals surface area contributed by atoms with E-state index in [4.69, 9.17) is 32.9 Å². The van der Waals surface area contributed by atoms with E-state index in [1.165, 1.54) is 0 Å². The lowest BCUT2D eigenvalue weighted by Gasteiger charge is -2.11. The van der Waals surface area contributed by atoms with E-state index in [0.717, 1.165) is 11.1 Å². The molecule has 0 bridgehead atoms. The Morgan fingerprint density at radius 3 is 2.46 bits per heavy atom. The summed E-state index contributed by atoms with van der Waals surface area (Å²) in [5.74, 6) is -0.298. The minimum Gasteiger partial charge on any atom is -0.421 e. The molecule has 0 N–H and O–H groups in total. The molecule has 5 heteroatoms. The van der Waals surface area contributed by atoms with Crippen LogP contribution in [0.2, 0.25) is 10.0 Å². The van der Waals surface area contributed by atoms with Crippen LogP contribution in [0.5, 0.6) is 5.75 Å². The molecule has 0 fully saturated rings. The molecule has 0 spiro atoms. The number of hydrogen-bond donors (Lipinski definition) is 0. The van der Waals surface area contributed by atoms with Gasteiger partial charge in [-0.25, -0.2) is 9.78 Å². The number of halogens is 2. The Balaban J connectivity index is 1.81. The molecule has 0 aliphatic carbocycles. The maximum Gasteiger partial charge on any atom is 0.344 e. The van der Waals surface area contributed by atoms with Crippen molar-refractivity contribution in [3.05, 3.63) is 94.0 Å². The van der Waals surface area contributed by atoms with Crippen molar-refractivity contribution < 1.29 is 9.53 Å². The molecule has 0 saturated heterocycles. The first-order chi connectivity index (χ1) is 13.5. The van der Waals surface area contributed by atoms with Crippen LogP contribution in [0, 0.1) is 6.92 Å². The second-order valence-corrected chi connectivity index (χ2v) is 7.16. The number of hydrogen-bond acceptors (Lipinski definition) is 3. The number of aromatic nitrogens is 1. The predicted molar refractivity (Wildman–Crippen MR) is 113 cm³/mol. The van der Waals surface area contributed by atoms with Gasteiger partial charge in [-0.15, -0.1) is 0 Å². The van der Waals surface area contributed by atoms with Gasteiger partial charge in [0, 0.05) is 10.9 Å². The number of ether oxygens (including phenoxy) is 1. The lowest BCUT2D eigenvalue weighted by molar-refractivity contribution is 0.0737. The average molecular weight is 408 g/mol. The topological polar surface area (TPSA) is 39.2 Å². The number of nitrogens with zero attached hydrogens (tertiary/aromatic N) is 1. The second-order valence-electron chi connectivity index (χ2n) is 6.38. The highest BCUT2D eigenvalue weighted by atomic mass is 35.5. The predicted octanol–water partition coefficient (Wildman–Crippen LogP) is 6.74. The standard InChI is InChI=1S/C23H15Cl2NO2/c1-14-9-11-15(12-10-14)20-13-17(16-5-2-3-7-19(16)26-20)23(27)28-21-8-4-6-18(24)22(21)25/h2-13H,1H3. The summed E-state index contributed by atoms with van der Waals surface area (Å²) in [6.07, 6.45) is 0. The van der Waals surface area contributed by atoms with Gasteiger partial charge in [0.25, 0.3) is 0 Å². The molecule has 0 saturated carbocycles. The third-order valence-corrected chi connectivity index (χ3v) is 5.20. The molecule has 0 atom stereocenters. The number of carbonyl (C=O) groups excluding carboxylic acids is 1. The van der Waals surface area contributed by atoms with Gasteiger partial charge < -0.3 is 4.74 Å². The van der Waals surface area contributed by atoms with Crippen molar-refractivity contribution in [2.45, 2.75) is 6.92 Å². The van der Waals surface area contributed by atoms with Crippen molar-refractivity contribution >= 4 is 40.1 Å². The molecule has 3 aromatic carbocycles. The number of aryl methyl sites for hydroxylation is 1. The lowest BCUT2D eigenvalue weighted by atomic mass is 10.0. The molecule has 0 unspecified atom stereocenters. The minimum absolute atomic E-state index is 0.203. The summed E-state index contributed by atoms with van der Waals surface area (Å²) in [7, 11) is 0. The minimum atomic E-state index is -0.517. The Morgan fingerprint density at radius 2 is 1.68 bits per heavy atom. The van der Waals surface area contributed by atoms with Crippen molar-refractivity contribution in [2.75, 3.05) is 0 Å². The molecule has 4 aromatic rings. The smallest absolute Gasteiger partial charge is 0.344 e. The van der Waals surface area contributed by atoms with E-state index in [1.54, 1.807) is 24.3 Å². The molecule has 3 nitrogen and oxygen atoms in total. The Hall–Kier alpha value is -2.88. The first-order valence-corrected chi connectivity index (χ1v) is 9.41. The largest absolute Gasteiger partial charge is 0.421 e. The van der Waals surface area contributed by atoms with Crippen LogP contribution in [-0.2, 0) is 0 Å². The number of rotatable bonds is 3. The maximum atomic E-state index is 13.0. The van der Waals surface area contributed by atoms with Gasteiger partial charge in [-0.2, -0.15) is 0 Å². The summed E-state index contributed by atoms with van der Waals surface area (Å²) in [5.41, 5.74) is 3.90. The summed E-state index contributed by atoms with van der Waals surface area (Å²) in [5, 5.41) is 1.24. The van der Waals surface area contributed by atoms with E-state index in [0.29, 0.717) is 27.2 Å². The Labute approximate surface area is 172 Å². The highest BCUT2D eigenvalue weighted by Gasteiger charge is 2.18. The third kappa shape index (κ3) is 3.59. The highest BCUT2D eigenvalue weighted by Crippen LogP contribution is 2.33. The first kappa shape index (κ1) is 18.5. The Morgan fingerprint density at radius 1 is 0.929 bits per heavy atom. The van der Waals surface area contributed by atoms with E-state index in [2.05, 4.69) is 0 Å². The van der Waals surface area contributed by atoms with Crippen molar-refractivity contribution in [3.8, 4) is 17.0 Å². The van der Waals surface area contributed by atoms with Crippen LogP contribution in [0.15, 0.2) is 72.8 Å². The maximum absolute atomic E-state index is 13.0. The molecule has 1 aromatic heterocycles. The fourth-order valence-electron chi connectivity index (χ4n) is 2.93. The molecular formula is C23H15Cl2NO2. The number of carbonyl (C=O) groups is 1. The van der Waals surface area contributed by atoms with Gasteiger partial charge in [-0.3, -0.25) is 0 Å². The fraction of sp³-hybridized carbons (Fsp3) is 0.0435. The van der Waals surface area contributed by atoms with Crippen molar-refractivity contribution in [3.63, 3.8) is 0 Å². The van der Waals surface area contributed by atoms with E-state index < -0.39 is 5.97 Å². The van der Waals surface area contributed by atoms with Crippen LogP contribution in [0.25, 0.3) is 22.2 Å². The van der Waals surface area contributed by atoms with Crippen molar-refractivity contribution in [2.24, 2.45) is 0 Å².